The van der Waals surface area contributed by atoms with Crippen molar-refractivity contribution in [2.45, 2.75) is 324 Å². The van der Waals surface area contributed by atoms with E-state index >= 15 is 0 Å². The molecule has 0 aliphatic rings. The van der Waals surface area contributed by atoms with Crippen molar-refractivity contribution in [3.8, 4) is 0 Å². The summed E-state index contributed by atoms with van der Waals surface area (Å²) in [6.45, 7) is 11.7. The summed E-state index contributed by atoms with van der Waals surface area (Å²) in [4.78, 5) is 72.1. The fraction of sp³-hybridized carbons (Fsp3) is 0.937. The molecule has 0 aliphatic carbocycles. The van der Waals surface area contributed by atoms with Crippen LogP contribution in [0.4, 0.5) is 0 Å². The summed E-state index contributed by atoms with van der Waals surface area (Å²) in [5.74, 6) is 0.106. The Balaban J connectivity index is 5.23. The van der Waals surface area contributed by atoms with Gasteiger partial charge in [0.1, 0.15) is 19.3 Å². The van der Waals surface area contributed by atoms with Crippen molar-refractivity contribution in [2.24, 2.45) is 17.8 Å². The molecule has 7 atom stereocenters. The van der Waals surface area contributed by atoms with Crippen LogP contribution in [-0.4, -0.2) is 96.7 Å². The molecule has 0 heterocycles. The lowest BCUT2D eigenvalue weighted by Gasteiger charge is -2.21. The van der Waals surface area contributed by atoms with Gasteiger partial charge in [-0.1, -0.05) is 254 Å². The summed E-state index contributed by atoms with van der Waals surface area (Å²) in [6.07, 6.45) is 34.9. The molecule has 0 aromatic carbocycles. The Morgan fingerprint density at radius 2 is 0.622 bits per heavy atom. The largest absolute Gasteiger partial charge is 0.472 e. The average molecular weight is 1210 g/mol. The Hall–Kier alpha value is -1.94. The maximum Gasteiger partial charge on any atom is 0.472 e. The van der Waals surface area contributed by atoms with Crippen LogP contribution in [0.25, 0.3) is 0 Å². The number of carbonyl (C=O) groups is 4. The third kappa shape index (κ3) is 54.7. The molecule has 19 heteroatoms. The van der Waals surface area contributed by atoms with E-state index < -0.39 is 97.5 Å². The number of ether oxygens (including phenoxy) is 4. The second-order valence-electron chi connectivity index (χ2n) is 23.8. The molecule has 3 N–H and O–H groups in total. The Morgan fingerprint density at radius 1 is 0.354 bits per heavy atom. The molecule has 0 aromatic rings. The van der Waals surface area contributed by atoms with Crippen LogP contribution in [0.1, 0.15) is 305 Å². The van der Waals surface area contributed by atoms with E-state index in [1.54, 1.807) is 0 Å². The highest BCUT2D eigenvalue weighted by Crippen LogP contribution is 2.45. The summed E-state index contributed by atoms with van der Waals surface area (Å²) in [5, 5.41) is 10.5. The van der Waals surface area contributed by atoms with Gasteiger partial charge in [-0.2, -0.15) is 0 Å². The highest BCUT2D eigenvalue weighted by molar-refractivity contribution is 7.47. The molecule has 0 radical (unpaired) electrons. The van der Waals surface area contributed by atoms with Crippen molar-refractivity contribution in [2.75, 3.05) is 39.6 Å². The number of carbonyl (C=O) groups excluding carboxylic acids is 4. The van der Waals surface area contributed by atoms with E-state index in [9.17, 15) is 43.2 Å². The zero-order valence-corrected chi connectivity index (χ0v) is 54.7. The molecule has 4 unspecified atom stereocenters. The minimum atomic E-state index is -4.94. The van der Waals surface area contributed by atoms with Crippen molar-refractivity contribution < 1.29 is 80.2 Å². The van der Waals surface area contributed by atoms with E-state index in [-0.39, 0.29) is 25.7 Å². The molecule has 486 valence electrons. The number of aliphatic hydroxyl groups is 1. The van der Waals surface area contributed by atoms with Gasteiger partial charge in [-0.3, -0.25) is 37.3 Å². The number of phosphoric acid groups is 2. The molecule has 0 spiro atoms. The zero-order chi connectivity index (χ0) is 61.0. The number of aliphatic hydroxyl groups excluding tert-OH is 1. The second kappa shape index (κ2) is 54.5. The van der Waals surface area contributed by atoms with Crippen molar-refractivity contribution >= 4 is 39.5 Å². The average Bonchev–Trinajstić information content (AvgIpc) is 3.46. The van der Waals surface area contributed by atoms with Crippen molar-refractivity contribution in [3.05, 3.63) is 0 Å². The van der Waals surface area contributed by atoms with Gasteiger partial charge in [0, 0.05) is 25.7 Å². The number of hydrogen-bond donors (Lipinski definition) is 3. The molecule has 0 fully saturated rings. The second-order valence-corrected chi connectivity index (χ2v) is 26.7. The van der Waals surface area contributed by atoms with Crippen LogP contribution in [0.15, 0.2) is 0 Å². The van der Waals surface area contributed by atoms with E-state index in [0.29, 0.717) is 25.7 Å². The topological polar surface area (TPSA) is 237 Å². The number of esters is 4. The predicted molar refractivity (Wildman–Crippen MR) is 326 cm³/mol. The van der Waals surface area contributed by atoms with Gasteiger partial charge in [-0.05, 0) is 43.4 Å². The van der Waals surface area contributed by atoms with Crippen LogP contribution >= 0.6 is 15.6 Å². The van der Waals surface area contributed by atoms with Crippen LogP contribution in [0.2, 0.25) is 0 Å². The first-order valence-electron chi connectivity index (χ1n) is 32.9. The molecule has 0 amide bonds. The molecule has 0 aliphatic heterocycles. The molecular formula is C63H122O17P2. The van der Waals surface area contributed by atoms with E-state index in [2.05, 4.69) is 48.5 Å². The van der Waals surface area contributed by atoms with E-state index in [0.717, 1.165) is 120 Å². The number of phosphoric ester groups is 2. The summed E-state index contributed by atoms with van der Waals surface area (Å²) in [6, 6.07) is 0. The summed E-state index contributed by atoms with van der Waals surface area (Å²) < 4.78 is 67.9. The fourth-order valence-corrected chi connectivity index (χ4v) is 10.8. The molecule has 17 nitrogen and oxygen atoms in total. The Kier molecular flexibility index (Phi) is 53.2. The molecule has 82 heavy (non-hydrogen) atoms. The van der Waals surface area contributed by atoms with Gasteiger partial charge in [0.2, 0.25) is 0 Å². The lowest BCUT2D eigenvalue weighted by atomic mass is 9.99. The smallest absolute Gasteiger partial charge is 0.462 e. The zero-order valence-electron chi connectivity index (χ0n) is 52.9. The quantitative estimate of drug-likeness (QED) is 0.0222. The van der Waals surface area contributed by atoms with Gasteiger partial charge in [-0.25, -0.2) is 9.13 Å². The maximum absolute atomic E-state index is 13.0. The Bertz CT molecular complexity index is 1630. The molecule has 0 saturated carbocycles. The number of unbranched alkanes of at least 4 members (excludes halogenated alkanes) is 27. The van der Waals surface area contributed by atoms with E-state index in [1.165, 1.54) is 103 Å². The van der Waals surface area contributed by atoms with Crippen LogP contribution in [0.3, 0.4) is 0 Å². The van der Waals surface area contributed by atoms with Crippen molar-refractivity contribution in [3.63, 3.8) is 0 Å². The van der Waals surface area contributed by atoms with E-state index in [1.807, 2.05) is 0 Å². The van der Waals surface area contributed by atoms with Crippen LogP contribution in [0, 0.1) is 17.8 Å². The minimum Gasteiger partial charge on any atom is -0.462 e. The number of hydrogen-bond acceptors (Lipinski definition) is 15. The van der Waals surface area contributed by atoms with Gasteiger partial charge >= 0.3 is 39.5 Å². The third-order valence-electron chi connectivity index (χ3n) is 15.1. The normalized spacial score (nSPS) is 15.1. The maximum atomic E-state index is 13.0. The minimum absolute atomic E-state index is 0.102. The summed E-state index contributed by atoms with van der Waals surface area (Å²) in [5.41, 5.74) is 0. The third-order valence-corrected chi connectivity index (χ3v) is 17.0. The number of rotatable bonds is 61. The van der Waals surface area contributed by atoms with Crippen LogP contribution < -0.4 is 0 Å². The lowest BCUT2D eigenvalue weighted by molar-refractivity contribution is -0.161. The fourth-order valence-electron chi connectivity index (χ4n) is 9.24. The molecule has 0 saturated heterocycles. The van der Waals surface area contributed by atoms with Crippen LogP contribution in [-0.2, 0) is 65.4 Å². The van der Waals surface area contributed by atoms with Gasteiger partial charge < -0.3 is 33.8 Å². The Morgan fingerprint density at radius 3 is 0.927 bits per heavy atom. The summed E-state index contributed by atoms with van der Waals surface area (Å²) in [7, 11) is -9.88. The van der Waals surface area contributed by atoms with Crippen molar-refractivity contribution in [1.29, 1.82) is 0 Å². The molecular weight excluding hydrogens is 1090 g/mol. The van der Waals surface area contributed by atoms with Gasteiger partial charge in [0.25, 0.3) is 0 Å². The Labute approximate surface area is 498 Å². The van der Waals surface area contributed by atoms with E-state index in [4.69, 9.17) is 37.0 Å². The standard InChI is InChI=1S/C63H122O17P2/c1-8-11-12-13-20-30-37-44-60(65)73-50-59(80-63(68)47-40-33-26-25-29-36-43-56(7)10-3)53-78-82(71,72)76-49-57(64)48-75-81(69,70)77-52-58(51-74-61(66)45-38-31-23-19-18-21-27-34-41-54(4)5)79-62(67)46-39-32-24-17-15-14-16-22-28-35-42-55(6)9-2/h54-59,64H,8-53H2,1-7H3,(H,69,70)(H,71,72)/t55?,56?,57-,58-,59-/m1/s1. The summed E-state index contributed by atoms with van der Waals surface area (Å²) >= 11 is 0. The van der Waals surface area contributed by atoms with Crippen LogP contribution in [0.5, 0.6) is 0 Å². The van der Waals surface area contributed by atoms with Gasteiger partial charge in [-0.15, -0.1) is 0 Å². The molecule has 0 aromatic heterocycles. The highest BCUT2D eigenvalue weighted by atomic mass is 31.2. The molecule has 0 rings (SSSR count). The van der Waals surface area contributed by atoms with Gasteiger partial charge in [0.15, 0.2) is 12.2 Å². The highest BCUT2D eigenvalue weighted by Gasteiger charge is 2.30. The SMILES string of the molecule is CCCCCCCCCC(=O)OC[C@H](COP(=O)(O)OC[C@H](O)COP(=O)(O)OC[C@@H](COC(=O)CCCCCCCCCCC(C)C)OC(=O)CCCCCCCCCCCCC(C)CC)OC(=O)CCCCCCCCC(C)CC. The first kappa shape index (κ1) is 80.1. The molecule has 0 bridgehead atoms. The van der Waals surface area contributed by atoms with Crippen molar-refractivity contribution in [1.82, 2.24) is 0 Å². The first-order chi connectivity index (χ1) is 39.3. The van der Waals surface area contributed by atoms with Gasteiger partial charge in [0.05, 0.1) is 26.4 Å². The predicted octanol–water partition coefficient (Wildman–Crippen LogP) is 17.1. The monoisotopic (exact) mass is 1210 g/mol. The first-order valence-corrected chi connectivity index (χ1v) is 35.9. The lowest BCUT2D eigenvalue weighted by Crippen LogP contribution is -2.30.